The molecule has 1 aromatic rings. The monoisotopic (exact) mass is 345 g/mol. The molecule has 0 aromatic carbocycles. The van der Waals surface area contributed by atoms with Gasteiger partial charge in [0.2, 0.25) is 5.91 Å². The number of hydrogen-bond donors (Lipinski definition) is 2. The number of amides is 1. The maximum absolute atomic E-state index is 11.9. The van der Waals surface area contributed by atoms with Gasteiger partial charge in [-0.25, -0.2) is 4.98 Å². The first-order valence-electron chi connectivity index (χ1n) is 7.88. The van der Waals surface area contributed by atoms with Gasteiger partial charge in [0.15, 0.2) is 0 Å². The van der Waals surface area contributed by atoms with Gasteiger partial charge >= 0.3 is 0 Å². The number of carbonyl (C=O) groups excluding carboxylic acids is 1. The number of aryl methyl sites for hydroxylation is 3. The number of nitrogens with zero attached hydrogens (tertiary/aromatic N) is 1. The average molecular weight is 346 g/mol. The summed E-state index contributed by atoms with van der Waals surface area (Å²) in [6, 6.07) is -0.454. The summed E-state index contributed by atoms with van der Waals surface area (Å²) in [6.45, 7) is 6.62. The molecule has 0 unspecified atom stereocenters. The number of hydrogen-bond acceptors (Lipinski definition) is 4. The van der Waals surface area contributed by atoms with E-state index in [1.807, 2.05) is 32.1 Å². The predicted octanol–water partition coefficient (Wildman–Crippen LogP) is 2.87. The van der Waals surface area contributed by atoms with Gasteiger partial charge in [0.25, 0.3) is 0 Å². The van der Waals surface area contributed by atoms with Gasteiger partial charge in [-0.15, -0.1) is 23.7 Å². The lowest BCUT2D eigenvalue weighted by atomic mass is 9.87. The van der Waals surface area contributed by atoms with E-state index in [2.05, 4.69) is 5.32 Å². The van der Waals surface area contributed by atoms with Crippen LogP contribution in [0.4, 0.5) is 0 Å². The van der Waals surface area contributed by atoms with E-state index >= 15 is 0 Å². The second kappa shape index (κ2) is 8.27. The minimum absolute atomic E-state index is 0. The third-order valence-corrected chi connectivity index (χ3v) is 5.19. The van der Waals surface area contributed by atoms with Crippen molar-refractivity contribution in [1.29, 1.82) is 0 Å². The summed E-state index contributed by atoms with van der Waals surface area (Å²) in [5.74, 6) is -0.0547. The van der Waals surface area contributed by atoms with Crippen LogP contribution in [0.5, 0.6) is 0 Å². The van der Waals surface area contributed by atoms with Crippen molar-refractivity contribution in [3.05, 3.63) is 15.6 Å². The summed E-state index contributed by atoms with van der Waals surface area (Å²) in [7, 11) is 0. The summed E-state index contributed by atoms with van der Waals surface area (Å²) in [6.07, 6.45) is 6.79. The first kappa shape index (κ1) is 19.4. The molecule has 1 heterocycles. The van der Waals surface area contributed by atoms with Crippen LogP contribution < -0.4 is 11.1 Å². The summed E-state index contributed by atoms with van der Waals surface area (Å²) in [5.41, 5.74) is 7.05. The highest BCUT2D eigenvalue weighted by molar-refractivity contribution is 7.11. The fraction of sp³-hybridized carbons (Fsp3) is 0.750. The number of thiazole rings is 1. The first-order chi connectivity index (χ1) is 9.88. The van der Waals surface area contributed by atoms with Crippen molar-refractivity contribution < 1.29 is 4.79 Å². The third kappa shape index (κ3) is 5.21. The fourth-order valence-corrected chi connectivity index (χ4v) is 3.67. The zero-order chi connectivity index (χ0) is 15.5. The smallest absolute Gasteiger partial charge is 0.237 e. The Balaban J connectivity index is 0.00000242. The molecule has 4 nitrogen and oxygen atoms in total. The average Bonchev–Trinajstić information content (AvgIpc) is 2.84. The van der Waals surface area contributed by atoms with E-state index in [9.17, 15) is 4.79 Å². The predicted molar refractivity (Wildman–Crippen MR) is 94.8 cm³/mol. The maximum atomic E-state index is 11.9. The van der Waals surface area contributed by atoms with Crippen LogP contribution in [-0.4, -0.2) is 23.5 Å². The van der Waals surface area contributed by atoms with Crippen molar-refractivity contribution in [1.82, 2.24) is 10.3 Å². The summed E-state index contributed by atoms with van der Waals surface area (Å²) in [5, 5.41) is 4.15. The van der Waals surface area contributed by atoms with E-state index < -0.39 is 6.04 Å². The molecule has 0 fully saturated rings. The lowest BCUT2D eigenvalue weighted by Crippen LogP contribution is -2.48. The lowest BCUT2D eigenvalue weighted by molar-refractivity contribution is -0.124. The van der Waals surface area contributed by atoms with Gasteiger partial charge in [-0.2, -0.15) is 0 Å². The van der Waals surface area contributed by atoms with Gasteiger partial charge < -0.3 is 11.1 Å². The molecule has 1 aliphatic carbocycles. The number of carbonyl (C=O) groups is 1. The van der Waals surface area contributed by atoms with Crippen molar-refractivity contribution in [2.75, 3.05) is 6.54 Å². The minimum Gasteiger partial charge on any atom is -0.355 e. The fourth-order valence-electron chi connectivity index (χ4n) is 2.47. The number of fused-ring (bicyclic) bond motifs is 1. The Kier molecular flexibility index (Phi) is 7.29. The molecule has 1 aliphatic rings. The van der Waals surface area contributed by atoms with Gasteiger partial charge in [-0.1, -0.05) is 20.8 Å². The molecule has 1 atom stereocenters. The Hall–Kier alpha value is -0.650. The van der Waals surface area contributed by atoms with Crippen LogP contribution in [0.15, 0.2) is 0 Å². The molecule has 22 heavy (non-hydrogen) atoms. The highest BCUT2D eigenvalue weighted by Gasteiger charge is 2.26. The summed E-state index contributed by atoms with van der Waals surface area (Å²) >= 11 is 1.86. The number of aromatic nitrogens is 1. The minimum atomic E-state index is -0.454. The van der Waals surface area contributed by atoms with Crippen molar-refractivity contribution in [2.45, 2.75) is 65.3 Å². The molecule has 0 aliphatic heterocycles. The zero-order valence-corrected chi connectivity index (χ0v) is 15.4. The Morgan fingerprint density at radius 2 is 2.05 bits per heavy atom. The van der Waals surface area contributed by atoms with Crippen LogP contribution in [0.1, 0.15) is 55.6 Å². The third-order valence-electron chi connectivity index (χ3n) is 3.97. The highest BCUT2D eigenvalue weighted by atomic mass is 35.5. The molecule has 2 rings (SSSR count). The van der Waals surface area contributed by atoms with Crippen molar-refractivity contribution >= 4 is 29.7 Å². The Morgan fingerprint density at radius 1 is 1.36 bits per heavy atom. The largest absolute Gasteiger partial charge is 0.355 e. The standard InChI is InChI=1S/C16H27N3OS.ClH/c1-16(2,3)14(17)15(20)18-10-6-9-13-19-11-7-4-5-8-12(11)21-13;/h14H,4-10,17H2,1-3H3,(H,18,20);1H/t14-;/m1./s1. The molecule has 0 spiro atoms. The van der Waals surface area contributed by atoms with Crippen LogP contribution >= 0.6 is 23.7 Å². The molecule has 3 N–H and O–H groups in total. The Labute approximate surface area is 143 Å². The van der Waals surface area contributed by atoms with E-state index in [1.165, 1.54) is 34.8 Å². The van der Waals surface area contributed by atoms with E-state index in [-0.39, 0.29) is 23.7 Å². The van der Waals surface area contributed by atoms with Crippen LogP contribution in [0, 0.1) is 5.41 Å². The zero-order valence-electron chi connectivity index (χ0n) is 13.8. The number of rotatable bonds is 5. The molecule has 0 saturated carbocycles. The van der Waals surface area contributed by atoms with Gasteiger partial charge in [0.05, 0.1) is 16.7 Å². The number of nitrogens with two attached hydrogens (primary N) is 1. The SMILES string of the molecule is CC(C)(C)[C@H](N)C(=O)NCCCc1nc2c(s1)CCCC2.Cl. The van der Waals surface area contributed by atoms with Crippen LogP contribution in [0.2, 0.25) is 0 Å². The van der Waals surface area contributed by atoms with Crippen LogP contribution in [0.3, 0.4) is 0 Å². The molecular weight excluding hydrogens is 318 g/mol. The molecule has 6 heteroatoms. The molecule has 0 saturated heterocycles. The van der Waals surface area contributed by atoms with Gasteiger partial charge in [0.1, 0.15) is 0 Å². The summed E-state index contributed by atoms with van der Waals surface area (Å²) in [4.78, 5) is 18.1. The Morgan fingerprint density at radius 3 is 2.68 bits per heavy atom. The van der Waals surface area contributed by atoms with Gasteiger partial charge in [0, 0.05) is 17.8 Å². The molecule has 1 aromatic heterocycles. The molecular formula is C16H28ClN3OS. The van der Waals surface area contributed by atoms with E-state index in [0.29, 0.717) is 6.54 Å². The summed E-state index contributed by atoms with van der Waals surface area (Å²) < 4.78 is 0. The van der Waals surface area contributed by atoms with Crippen LogP contribution in [-0.2, 0) is 24.1 Å². The Bertz CT molecular complexity index is 473. The van der Waals surface area contributed by atoms with Crippen molar-refractivity contribution in [3.63, 3.8) is 0 Å². The lowest BCUT2D eigenvalue weighted by Gasteiger charge is -2.25. The van der Waals surface area contributed by atoms with E-state index in [1.54, 1.807) is 0 Å². The molecule has 1 amide bonds. The van der Waals surface area contributed by atoms with Crippen LogP contribution in [0.25, 0.3) is 0 Å². The quantitative estimate of drug-likeness (QED) is 0.806. The molecule has 126 valence electrons. The van der Waals surface area contributed by atoms with Gasteiger partial charge in [-0.05, 0) is 37.5 Å². The second-order valence-corrected chi connectivity index (χ2v) is 8.09. The normalized spacial score (nSPS) is 15.6. The number of nitrogens with one attached hydrogen (secondary N) is 1. The van der Waals surface area contributed by atoms with Crippen molar-refractivity contribution in [2.24, 2.45) is 11.1 Å². The van der Waals surface area contributed by atoms with E-state index in [0.717, 1.165) is 19.3 Å². The number of halogens is 1. The van der Waals surface area contributed by atoms with E-state index in [4.69, 9.17) is 10.7 Å². The molecule has 0 radical (unpaired) electrons. The van der Waals surface area contributed by atoms with Gasteiger partial charge in [-0.3, -0.25) is 4.79 Å². The molecule has 0 bridgehead atoms. The maximum Gasteiger partial charge on any atom is 0.237 e. The second-order valence-electron chi connectivity index (χ2n) is 6.92. The van der Waals surface area contributed by atoms with Crippen molar-refractivity contribution in [3.8, 4) is 0 Å². The highest BCUT2D eigenvalue weighted by Crippen LogP contribution is 2.27. The topological polar surface area (TPSA) is 68.0 Å². The first-order valence-corrected chi connectivity index (χ1v) is 8.70.